The van der Waals surface area contributed by atoms with Gasteiger partial charge < -0.3 is 7.58 Å². The Hall–Kier alpha value is 1.22. The molecule has 0 aliphatic heterocycles. The van der Waals surface area contributed by atoms with E-state index in [2.05, 4.69) is 12.6 Å². The first-order chi connectivity index (χ1) is 3.48. The Bertz CT molecular complexity index is 162. The molecule has 1 atom stereocenters. The van der Waals surface area contributed by atoms with Crippen molar-refractivity contribution in [3.8, 4) is 0 Å². The Morgan fingerprint density at radius 1 is 1.70 bits per heavy atom. The summed E-state index contributed by atoms with van der Waals surface area (Å²) in [6, 6.07) is 0. The van der Waals surface area contributed by atoms with Gasteiger partial charge in [0.15, 0.2) is 0 Å². The van der Waals surface area contributed by atoms with E-state index < -0.39 is 14.7 Å². The van der Waals surface area contributed by atoms with E-state index in [0.717, 1.165) is 0 Å². The van der Waals surface area contributed by atoms with Gasteiger partial charge in [-0.3, -0.25) is 4.55 Å². The molecule has 7 heteroatoms. The molecule has 0 amide bonds. The van der Waals surface area contributed by atoms with E-state index in [-0.39, 0.29) is 37.1 Å². The van der Waals surface area contributed by atoms with E-state index in [1.165, 1.54) is 0 Å². The van der Waals surface area contributed by atoms with Gasteiger partial charge in [-0.05, 0) is 6.42 Å². The summed E-state index contributed by atoms with van der Waals surface area (Å²) in [5.74, 6) is 0. The normalized spacial score (nSPS) is 12.7. The molecule has 0 spiro atoms. The molecule has 0 aliphatic rings. The number of hydrogen-bond acceptors (Lipinski definition) is 4. The van der Waals surface area contributed by atoms with Crippen molar-refractivity contribution in [1.82, 2.24) is 6.15 Å². The van der Waals surface area contributed by atoms with Gasteiger partial charge in [-0.15, -0.1) is 0 Å². The van der Waals surface area contributed by atoms with Crippen LogP contribution in [-0.2, 0) is 10.1 Å². The molecule has 0 aromatic heterocycles. The average molecular weight is 197 g/mol. The number of hydrogen-bond donors (Lipinski definition) is 3. The maximum absolute atomic E-state index is 10.0. The molecule has 4 N–H and O–H groups in total. The van der Waals surface area contributed by atoms with Crippen molar-refractivity contribution in [2.75, 3.05) is 0 Å². The van der Waals surface area contributed by atoms with Crippen LogP contribution in [0.5, 0.6) is 0 Å². The first kappa shape index (κ1) is 17.3. The van der Waals surface area contributed by atoms with Crippen LogP contribution in [0, 0.1) is 0 Å². The first-order valence-electron chi connectivity index (χ1n) is 2.13. The average Bonchev–Trinajstić information content (AvgIpc) is 1.62. The van der Waals surface area contributed by atoms with Gasteiger partial charge >= 0.3 is 29.6 Å². The Kier molecular flexibility index (Phi) is 12.0. The van der Waals surface area contributed by atoms with E-state index in [9.17, 15) is 8.42 Å². The number of rotatable bonds is 2. The summed E-state index contributed by atoms with van der Waals surface area (Å²) in [6.45, 7) is 1.63. The zero-order valence-corrected chi connectivity index (χ0v) is 9.82. The van der Waals surface area contributed by atoms with Crippen LogP contribution in [0.25, 0.3) is 0 Å². The third kappa shape index (κ3) is 7.33. The molecule has 0 heterocycles. The van der Waals surface area contributed by atoms with Crippen LogP contribution >= 0.6 is 12.6 Å². The molecule has 0 aliphatic carbocycles. The predicted octanol–water partition coefficient (Wildman–Crippen LogP) is -2.18. The summed E-state index contributed by atoms with van der Waals surface area (Å²) >= 11 is 3.57. The molecule has 0 rings (SSSR count). The Morgan fingerprint density at radius 3 is 2.00 bits per heavy atom. The smallest absolute Gasteiger partial charge is 1.00 e. The molecule has 0 bridgehead atoms. The van der Waals surface area contributed by atoms with Crippen molar-refractivity contribution >= 4 is 22.7 Å². The molecule has 4 nitrogen and oxygen atoms in total. The van der Waals surface area contributed by atoms with Gasteiger partial charge in [0.1, 0.15) is 4.58 Å². The minimum atomic E-state index is -3.89. The Morgan fingerprint density at radius 2 is 2.00 bits per heavy atom. The maximum atomic E-state index is 10.0. The van der Waals surface area contributed by atoms with E-state index >= 15 is 0 Å². The summed E-state index contributed by atoms with van der Waals surface area (Å²) in [6.07, 6.45) is 0.321. The SMILES string of the molecule is CCC(S)S(=O)(=O)O.N.[H-].[Na+]. The van der Waals surface area contributed by atoms with Crippen LogP contribution in [0.4, 0.5) is 0 Å². The van der Waals surface area contributed by atoms with Gasteiger partial charge in [-0.1, -0.05) is 6.92 Å². The summed E-state index contributed by atoms with van der Waals surface area (Å²) in [7, 11) is -3.89. The molecule has 10 heavy (non-hydrogen) atoms. The van der Waals surface area contributed by atoms with Gasteiger partial charge in [0.05, 0.1) is 0 Å². The summed E-state index contributed by atoms with van der Waals surface area (Å²) in [4.78, 5) is 0. The first-order valence-corrected chi connectivity index (χ1v) is 4.14. The second-order valence-electron chi connectivity index (χ2n) is 1.38. The standard InChI is InChI=1S/C3H8O3S2.H3N.Na.H/c1-2-3(7)8(4,5)6;;;/h3,7H,2H2,1H3,(H,4,5,6);1H3;;/q;;+1;-1. The van der Waals surface area contributed by atoms with E-state index in [1.54, 1.807) is 6.92 Å². The van der Waals surface area contributed by atoms with Crippen molar-refractivity contribution < 1.29 is 44.0 Å². The van der Waals surface area contributed by atoms with Crippen molar-refractivity contribution in [2.24, 2.45) is 0 Å². The number of thiol groups is 1. The summed E-state index contributed by atoms with van der Waals surface area (Å²) in [5, 5.41) is 0. The molecular weight excluding hydrogens is 185 g/mol. The molecule has 60 valence electrons. The third-order valence-corrected chi connectivity index (χ3v) is 2.88. The fraction of sp³-hybridized carbons (Fsp3) is 1.00. The minimum absolute atomic E-state index is 0. The molecule has 1 unspecified atom stereocenters. The predicted molar refractivity (Wildman–Crippen MR) is 40.7 cm³/mol. The fourth-order valence-electron chi connectivity index (χ4n) is 0.211. The van der Waals surface area contributed by atoms with E-state index in [4.69, 9.17) is 4.55 Å². The molecule has 0 fully saturated rings. The van der Waals surface area contributed by atoms with Crippen molar-refractivity contribution in [3.63, 3.8) is 0 Å². The van der Waals surface area contributed by atoms with Gasteiger partial charge in [0.25, 0.3) is 10.1 Å². The minimum Gasteiger partial charge on any atom is -1.00 e. The zero-order valence-electron chi connectivity index (χ0n) is 7.11. The van der Waals surface area contributed by atoms with E-state index in [0.29, 0.717) is 6.42 Å². The van der Waals surface area contributed by atoms with Crippen molar-refractivity contribution in [1.29, 1.82) is 0 Å². The molecule has 0 radical (unpaired) electrons. The fourth-order valence-corrected chi connectivity index (χ4v) is 0.632. The molecule has 0 aromatic carbocycles. The van der Waals surface area contributed by atoms with Gasteiger partial charge in [0, 0.05) is 0 Å². The van der Waals surface area contributed by atoms with Gasteiger partial charge in [-0.25, -0.2) is 0 Å². The second-order valence-corrected chi connectivity index (χ2v) is 3.95. The van der Waals surface area contributed by atoms with Crippen LogP contribution in [-0.4, -0.2) is 17.6 Å². The molecule has 0 saturated carbocycles. The Labute approximate surface area is 90.3 Å². The molecule has 0 saturated heterocycles. The van der Waals surface area contributed by atoms with Crippen LogP contribution < -0.4 is 35.7 Å². The summed E-state index contributed by atoms with van der Waals surface area (Å²) < 4.78 is 27.3. The third-order valence-electron chi connectivity index (χ3n) is 0.693. The largest absolute Gasteiger partial charge is 1.00 e. The molecule has 0 aromatic rings. The van der Waals surface area contributed by atoms with Crippen molar-refractivity contribution in [3.05, 3.63) is 0 Å². The van der Waals surface area contributed by atoms with Crippen LogP contribution in [0.1, 0.15) is 14.8 Å². The topological polar surface area (TPSA) is 89.4 Å². The van der Waals surface area contributed by atoms with Crippen LogP contribution in [0.2, 0.25) is 0 Å². The zero-order chi connectivity index (χ0) is 6.78. The quantitative estimate of drug-likeness (QED) is 0.267. The van der Waals surface area contributed by atoms with Crippen molar-refractivity contribution in [2.45, 2.75) is 17.9 Å². The summed E-state index contributed by atoms with van der Waals surface area (Å²) in [5.41, 5.74) is 0. The maximum Gasteiger partial charge on any atom is 1.00 e. The van der Waals surface area contributed by atoms with Gasteiger partial charge in [-0.2, -0.15) is 21.0 Å². The van der Waals surface area contributed by atoms with Crippen LogP contribution in [0.3, 0.4) is 0 Å². The van der Waals surface area contributed by atoms with Gasteiger partial charge in [0.2, 0.25) is 0 Å². The molecular formula is C3H12NNaO3S2. The van der Waals surface area contributed by atoms with E-state index in [1.807, 2.05) is 0 Å². The second kappa shape index (κ2) is 6.90. The van der Waals surface area contributed by atoms with Crippen LogP contribution in [0.15, 0.2) is 0 Å². The Balaban J connectivity index is -0.0000000817. The monoisotopic (exact) mass is 197 g/mol.